The van der Waals surface area contributed by atoms with Gasteiger partial charge in [0.05, 0.1) is 0 Å². The Balaban J connectivity index is 1.38. The number of nitrogens with zero attached hydrogens (tertiary/aromatic N) is 1. The highest BCUT2D eigenvalue weighted by Gasteiger charge is 2.30. The number of urea groups is 1. The van der Waals surface area contributed by atoms with E-state index in [1.54, 1.807) is 11.8 Å². The zero-order valence-corrected chi connectivity index (χ0v) is 17.9. The van der Waals surface area contributed by atoms with Crippen LogP contribution < -0.4 is 10.1 Å². The quantitative estimate of drug-likeness (QED) is 0.525. The minimum atomic E-state index is -0.0568. The van der Waals surface area contributed by atoms with Crippen molar-refractivity contribution in [1.29, 1.82) is 0 Å². The average Bonchev–Trinajstić information content (AvgIpc) is 3.29. The first kappa shape index (κ1) is 20.4. The molecule has 1 saturated heterocycles. The number of aryl methyl sites for hydroxylation is 1. The number of hydrogen-bond acceptors (Lipinski definition) is 3. The van der Waals surface area contributed by atoms with E-state index in [4.69, 9.17) is 4.74 Å². The summed E-state index contributed by atoms with van der Waals surface area (Å²) in [6.45, 7) is 3.40. The van der Waals surface area contributed by atoms with Gasteiger partial charge in [0.15, 0.2) is 0 Å². The SMILES string of the molecule is CCc1ccc(NC(=O)N2CCS[C@@H]2c2ccc(OCc3ccccc3)cc2)cc1. The molecule has 30 heavy (non-hydrogen) atoms. The van der Waals surface area contributed by atoms with E-state index in [0.29, 0.717) is 6.61 Å². The first-order valence-corrected chi connectivity index (χ1v) is 11.3. The summed E-state index contributed by atoms with van der Waals surface area (Å²) < 4.78 is 5.88. The Morgan fingerprint density at radius 1 is 1.00 bits per heavy atom. The number of carbonyl (C=O) groups excluding carboxylic acids is 1. The lowest BCUT2D eigenvalue weighted by molar-refractivity contribution is 0.214. The van der Waals surface area contributed by atoms with Gasteiger partial charge in [-0.2, -0.15) is 0 Å². The van der Waals surface area contributed by atoms with Crippen molar-refractivity contribution in [2.45, 2.75) is 25.3 Å². The molecule has 2 amide bonds. The van der Waals surface area contributed by atoms with E-state index in [1.165, 1.54) is 5.56 Å². The number of carbonyl (C=O) groups is 1. The summed E-state index contributed by atoms with van der Waals surface area (Å²) >= 11 is 1.79. The molecule has 1 N–H and O–H groups in total. The van der Waals surface area contributed by atoms with Gasteiger partial charge in [-0.3, -0.25) is 0 Å². The molecular formula is C25H26N2O2S. The molecule has 0 unspecified atom stereocenters. The molecular weight excluding hydrogens is 392 g/mol. The third kappa shape index (κ3) is 4.97. The number of thioether (sulfide) groups is 1. The summed E-state index contributed by atoms with van der Waals surface area (Å²) in [5.41, 5.74) is 4.35. The Bertz CT molecular complexity index is 959. The summed E-state index contributed by atoms with van der Waals surface area (Å²) in [6, 6.07) is 26.2. The third-order valence-corrected chi connectivity index (χ3v) is 6.44. The zero-order valence-electron chi connectivity index (χ0n) is 17.1. The van der Waals surface area contributed by atoms with E-state index in [0.717, 1.165) is 41.3 Å². The molecule has 4 nitrogen and oxygen atoms in total. The van der Waals surface area contributed by atoms with Crippen molar-refractivity contribution < 1.29 is 9.53 Å². The van der Waals surface area contributed by atoms with Crippen molar-refractivity contribution >= 4 is 23.5 Å². The normalized spacial score (nSPS) is 15.8. The molecule has 3 aromatic carbocycles. The highest BCUT2D eigenvalue weighted by atomic mass is 32.2. The van der Waals surface area contributed by atoms with Gasteiger partial charge in [-0.1, -0.05) is 61.5 Å². The predicted molar refractivity (Wildman–Crippen MR) is 124 cm³/mol. The Hall–Kier alpha value is -2.92. The number of rotatable bonds is 6. The molecule has 1 aliphatic heterocycles. The average molecular weight is 419 g/mol. The van der Waals surface area contributed by atoms with Crippen molar-refractivity contribution in [3.05, 3.63) is 95.6 Å². The summed E-state index contributed by atoms with van der Waals surface area (Å²) in [5.74, 6) is 1.76. The molecule has 1 heterocycles. The van der Waals surface area contributed by atoms with E-state index in [-0.39, 0.29) is 11.4 Å². The lowest BCUT2D eigenvalue weighted by Crippen LogP contribution is -2.34. The molecule has 0 aliphatic carbocycles. The van der Waals surface area contributed by atoms with E-state index in [1.807, 2.05) is 47.4 Å². The Labute approximate surface area is 182 Å². The van der Waals surface area contributed by atoms with Crippen LogP contribution in [0.25, 0.3) is 0 Å². The van der Waals surface area contributed by atoms with Crippen LogP contribution in [0.1, 0.15) is 29.0 Å². The van der Waals surface area contributed by atoms with Gasteiger partial charge in [-0.15, -0.1) is 11.8 Å². The zero-order chi connectivity index (χ0) is 20.8. The topological polar surface area (TPSA) is 41.6 Å². The molecule has 0 bridgehead atoms. The van der Waals surface area contributed by atoms with Crippen molar-refractivity contribution in [2.24, 2.45) is 0 Å². The molecule has 1 fully saturated rings. The highest BCUT2D eigenvalue weighted by molar-refractivity contribution is 7.99. The van der Waals surface area contributed by atoms with Gasteiger partial charge >= 0.3 is 6.03 Å². The van der Waals surface area contributed by atoms with Crippen LogP contribution in [0.3, 0.4) is 0 Å². The first-order chi connectivity index (χ1) is 14.7. The van der Waals surface area contributed by atoms with Crippen LogP contribution in [0.5, 0.6) is 5.75 Å². The van der Waals surface area contributed by atoms with Crippen LogP contribution in [-0.2, 0) is 13.0 Å². The number of amides is 2. The summed E-state index contributed by atoms with van der Waals surface area (Å²) in [5, 5.41) is 3.05. The minimum Gasteiger partial charge on any atom is -0.489 e. The Morgan fingerprint density at radius 2 is 1.73 bits per heavy atom. The molecule has 4 rings (SSSR count). The fourth-order valence-electron chi connectivity index (χ4n) is 3.44. The smallest absolute Gasteiger partial charge is 0.323 e. The highest BCUT2D eigenvalue weighted by Crippen LogP contribution is 2.38. The number of hydrogen-bond donors (Lipinski definition) is 1. The van der Waals surface area contributed by atoms with E-state index in [2.05, 4.69) is 48.6 Å². The molecule has 3 aromatic rings. The number of benzene rings is 3. The fraction of sp³-hybridized carbons (Fsp3) is 0.240. The van der Waals surface area contributed by atoms with Gasteiger partial charge in [0.1, 0.15) is 17.7 Å². The second kappa shape index (κ2) is 9.72. The molecule has 0 saturated carbocycles. The molecule has 0 spiro atoms. The van der Waals surface area contributed by atoms with Crippen LogP contribution in [0.15, 0.2) is 78.9 Å². The van der Waals surface area contributed by atoms with Crippen LogP contribution in [0.4, 0.5) is 10.5 Å². The maximum absolute atomic E-state index is 12.9. The molecule has 5 heteroatoms. The van der Waals surface area contributed by atoms with E-state index < -0.39 is 0 Å². The van der Waals surface area contributed by atoms with Gasteiger partial charge in [0.2, 0.25) is 0 Å². The van der Waals surface area contributed by atoms with Gasteiger partial charge < -0.3 is 15.0 Å². The second-order valence-corrected chi connectivity index (χ2v) is 8.43. The summed E-state index contributed by atoms with van der Waals surface area (Å²) in [4.78, 5) is 14.8. The molecule has 154 valence electrons. The largest absolute Gasteiger partial charge is 0.489 e. The van der Waals surface area contributed by atoms with Crippen molar-refractivity contribution in [2.75, 3.05) is 17.6 Å². The third-order valence-electron chi connectivity index (χ3n) is 5.18. The van der Waals surface area contributed by atoms with Gasteiger partial charge in [0.25, 0.3) is 0 Å². The summed E-state index contributed by atoms with van der Waals surface area (Å²) in [7, 11) is 0. The van der Waals surface area contributed by atoms with Crippen molar-refractivity contribution in [1.82, 2.24) is 4.90 Å². The van der Waals surface area contributed by atoms with Crippen molar-refractivity contribution in [3.63, 3.8) is 0 Å². The fourth-order valence-corrected chi connectivity index (χ4v) is 4.70. The van der Waals surface area contributed by atoms with Gasteiger partial charge in [-0.25, -0.2) is 4.79 Å². The summed E-state index contributed by atoms with van der Waals surface area (Å²) in [6.07, 6.45) is 0.990. The monoisotopic (exact) mass is 418 g/mol. The van der Waals surface area contributed by atoms with Gasteiger partial charge in [0, 0.05) is 18.0 Å². The van der Waals surface area contributed by atoms with Crippen LogP contribution in [0.2, 0.25) is 0 Å². The molecule has 0 aromatic heterocycles. The van der Waals surface area contributed by atoms with Crippen LogP contribution >= 0.6 is 11.8 Å². The number of ether oxygens (including phenoxy) is 1. The number of anilines is 1. The lowest BCUT2D eigenvalue weighted by Gasteiger charge is -2.24. The van der Waals surface area contributed by atoms with E-state index >= 15 is 0 Å². The Morgan fingerprint density at radius 3 is 2.43 bits per heavy atom. The standard InChI is InChI=1S/C25H26N2O2S/c1-2-19-8-12-22(13-9-19)26-25(28)27-16-17-30-24(27)21-10-14-23(15-11-21)29-18-20-6-4-3-5-7-20/h3-15,24H,2,16-18H2,1H3,(H,26,28)/t24-/m1/s1. The first-order valence-electron chi connectivity index (χ1n) is 10.3. The molecule has 0 radical (unpaired) electrons. The minimum absolute atomic E-state index is 0.0167. The Kier molecular flexibility index (Phi) is 6.60. The molecule has 1 atom stereocenters. The second-order valence-electron chi connectivity index (χ2n) is 7.24. The predicted octanol–water partition coefficient (Wildman–Crippen LogP) is 6.11. The maximum Gasteiger partial charge on any atom is 0.323 e. The van der Waals surface area contributed by atoms with Crippen molar-refractivity contribution in [3.8, 4) is 5.75 Å². The van der Waals surface area contributed by atoms with E-state index in [9.17, 15) is 4.79 Å². The lowest BCUT2D eigenvalue weighted by atomic mass is 10.1. The van der Waals surface area contributed by atoms with Crippen LogP contribution in [-0.4, -0.2) is 23.2 Å². The van der Waals surface area contributed by atoms with Gasteiger partial charge in [-0.05, 0) is 47.4 Å². The number of nitrogens with one attached hydrogen (secondary N) is 1. The molecule has 1 aliphatic rings. The van der Waals surface area contributed by atoms with Crippen LogP contribution in [0, 0.1) is 0 Å². The maximum atomic E-state index is 12.9.